The largest absolute Gasteiger partial charge is 0.300 e. The molecule has 0 aliphatic heterocycles. The van der Waals surface area contributed by atoms with E-state index in [4.69, 9.17) is 0 Å². The van der Waals surface area contributed by atoms with Gasteiger partial charge in [-0.2, -0.15) is 0 Å². The highest BCUT2D eigenvalue weighted by Gasteiger charge is 2.38. The Kier molecular flexibility index (Phi) is 5.34. The van der Waals surface area contributed by atoms with Gasteiger partial charge in [0.2, 0.25) is 0 Å². The maximum Gasteiger partial charge on any atom is 0.133 e. The van der Waals surface area contributed by atoms with Gasteiger partial charge in [0, 0.05) is 18.4 Å². The van der Waals surface area contributed by atoms with Gasteiger partial charge >= 0.3 is 0 Å². The second kappa shape index (κ2) is 6.15. The predicted octanol–water partition coefficient (Wildman–Crippen LogP) is 3.51. The Labute approximate surface area is 127 Å². The van der Waals surface area contributed by atoms with Gasteiger partial charge in [0.15, 0.2) is 0 Å². The monoisotopic (exact) mass is 359 g/mol. The van der Waals surface area contributed by atoms with Gasteiger partial charge in [-0.1, -0.05) is 29.8 Å². The molecule has 18 heavy (non-hydrogen) atoms. The van der Waals surface area contributed by atoms with Crippen molar-refractivity contribution in [2.75, 3.05) is 14.1 Å². The number of carbonyl (C=O) groups excluding carboxylic acids is 1. The van der Waals surface area contributed by atoms with Crippen molar-refractivity contribution in [3.63, 3.8) is 0 Å². The van der Waals surface area contributed by atoms with Gasteiger partial charge < -0.3 is 0 Å². The predicted molar refractivity (Wildman–Crippen MR) is 85.4 cm³/mol. The zero-order chi connectivity index (χ0) is 12.5. The summed E-state index contributed by atoms with van der Waals surface area (Å²) in [4.78, 5) is 13.7. The molecule has 100 valence electrons. The Hall–Kier alpha value is -0.420. The van der Waals surface area contributed by atoms with E-state index in [1.54, 1.807) is 0 Å². The van der Waals surface area contributed by atoms with Crippen LogP contribution < -0.4 is 0 Å². The summed E-state index contributed by atoms with van der Waals surface area (Å²) in [5.41, 5.74) is 2.70. The number of Topliss-reactive ketones (excluding diaryl/α,β-unsaturated/α-hetero) is 1. The van der Waals surface area contributed by atoms with Crippen molar-refractivity contribution < 1.29 is 4.79 Å². The van der Waals surface area contributed by atoms with Crippen molar-refractivity contribution in [2.45, 2.75) is 38.1 Å². The van der Waals surface area contributed by atoms with Crippen LogP contribution in [0.5, 0.6) is 0 Å². The highest BCUT2D eigenvalue weighted by molar-refractivity contribution is 14.0. The standard InChI is InChI=1S/C15H21NO.HI/c1-12-5-4-6-13(11-12)15(16(2)3)9-7-14(17)8-10-15;/h4-6,11H,7-10H2,1-3H3;1H. The first-order valence-corrected chi connectivity index (χ1v) is 6.31. The highest BCUT2D eigenvalue weighted by Crippen LogP contribution is 2.40. The zero-order valence-corrected chi connectivity index (χ0v) is 13.7. The molecule has 1 aliphatic carbocycles. The number of rotatable bonds is 2. The van der Waals surface area contributed by atoms with Gasteiger partial charge in [-0.3, -0.25) is 9.69 Å². The van der Waals surface area contributed by atoms with Crippen LogP contribution in [-0.2, 0) is 10.3 Å². The second-order valence-corrected chi connectivity index (χ2v) is 5.33. The quantitative estimate of drug-likeness (QED) is 0.754. The zero-order valence-electron chi connectivity index (χ0n) is 11.4. The molecule has 0 N–H and O–H groups in total. The fraction of sp³-hybridized carbons (Fsp3) is 0.533. The molecule has 0 radical (unpaired) electrons. The van der Waals surface area contributed by atoms with Crippen LogP contribution >= 0.6 is 24.0 Å². The second-order valence-electron chi connectivity index (χ2n) is 5.33. The third kappa shape index (κ3) is 2.94. The van der Waals surface area contributed by atoms with E-state index in [2.05, 4.69) is 50.2 Å². The van der Waals surface area contributed by atoms with E-state index < -0.39 is 0 Å². The van der Waals surface area contributed by atoms with Crippen LogP contribution in [0.4, 0.5) is 0 Å². The molecule has 0 unspecified atom stereocenters. The van der Waals surface area contributed by atoms with E-state index in [0.717, 1.165) is 12.8 Å². The van der Waals surface area contributed by atoms with Gasteiger partial charge in [0.25, 0.3) is 0 Å². The fourth-order valence-electron chi connectivity index (χ4n) is 2.87. The molecule has 1 saturated carbocycles. The minimum atomic E-state index is 0. The van der Waals surface area contributed by atoms with Crippen molar-refractivity contribution in [1.82, 2.24) is 4.90 Å². The maximum atomic E-state index is 11.5. The van der Waals surface area contributed by atoms with Crippen molar-refractivity contribution >= 4 is 29.8 Å². The summed E-state index contributed by atoms with van der Waals surface area (Å²) in [6.07, 6.45) is 3.32. The fourth-order valence-corrected chi connectivity index (χ4v) is 2.87. The molecule has 0 aromatic heterocycles. The van der Waals surface area contributed by atoms with E-state index in [1.807, 2.05) is 0 Å². The average Bonchev–Trinajstić information content (AvgIpc) is 2.30. The molecule has 2 rings (SSSR count). The molecule has 2 nitrogen and oxygen atoms in total. The molecular weight excluding hydrogens is 337 g/mol. The first kappa shape index (κ1) is 15.6. The van der Waals surface area contributed by atoms with E-state index in [0.29, 0.717) is 18.6 Å². The topological polar surface area (TPSA) is 20.3 Å². The third-order valence-corrected chi connectivity index (χ3v) is 4.05. The van der Waals surface area contributed by atoms with Crippen LogP contribution in [0.25, 0.3) is 0 Å². The molecule has 0 amide bonds. The number of carbonyl (C=O) groups is 1. The van der Waals surface area contributed by atoms with Crippen molar-refractivity contribution in [3.05, 3.63) is 35.4 Å². The number of hydrogen-bond acceptors (Lipinski definition) is 2. The lowest BCUT2D eigenvalue weighted by molar-refractivity contribution is -0.122. The maximum absolute atomic E-state index is 11.5. The van der Waals surface area contributed by atoms with E-state index in [-0.39, 0.29) is 29.5 Å². The van der Waals surface area contributed by atoms with Gasteiger partial charge in [0.05, 0.1) is 0 Å². The van der Waals surface area contributed by atoms with E-state index in [9.17, 15) is 4.79 Å². The molecule has 1 aromatic carbocycles. The lowest BCUT2D eigenvalue weighted by atomic mass is 9.75. The lowest BCUT2D eigenvalue weighted by Gasteiger charge is -2.43. The Balaban J connectivity index is 0.00000162. The van der Waals surface area contributed by atoms with Crippen LogP contribution in [0.2, 0.25) is 0 Å². The summed E-state index contributed by atoms with van der Waals surface area (Å²) in [5, 5.41) is 0. The number of aryl methyl sites for hydroxylation is 1. The van der Waals surface area contributed by atoms with Crippen LogP contribution in [-0.4, -0.2) is 24.8 Å². The molecule has 0 atom stereocenters. The molecule has 0 spiro atoms. The Morgan fingerprint density at radius 1 is 1.17 bits per heavy atom. The van der Waals surface area contributed by atoms with Crippen LogP contribution in [0.1, 0.15) is 36.8 Å². The molecule has 0 heterocycles. The lowest BCUT2D eigenvalue weighted by Crippen LogP contribution is -2.44. The summed E-state index contributed by atoms with van der Waals surface area (Å²) >= 11 is 0. The number of ketones is 1. The van der Waals surface area contributed by atoms with Crippen LogP contribution in [0.15, 0.2) is 24.3 Å². The smallest absolute Gasteiger partial charge is 0.133 e. The normalized spacial score (nSPS) is 18.6. The highest BCUT2D eigenvalue weighted by atomic mass is 127. The number of hydrogen-bond donors (Lipinski definition) is 0. The van der Waals surface area contributed by atoms with Crippen LogP contribution in [0, 0.1) is 6.92 Å². The average molecular weight is 359 g/mol. The van der Waals surface area contributed by atoms with E-state index >= 15 is 0 Å². The number of nitrogens with zero attached hydrogens (tertiary/aromatic N) is 1. The summed E-state index contributed by atoms with van der Waals surface area (Å²) in [5.74, 6) is 0.412. The minimum Gasteiger partial charge on any atom is -0.300 e. The van der Waals surface area contributed by atoms with Crippen LogP contribution in [0.3, 0.4) is 0 Å². The summed E-state index contributed by atoms with van der Waals surface area (Å²) in [6.45, 7) is 2.13. The Morgan fingerprint density at radius 3 is 2.28 bits per heavy atom. The van der Waals surface area contributed by atoms with Crippen molar-refractivity contribution in [1.29, 1.82) is 0 Å². The van der Waals surface area contributed by atoms with E-state index in [1.165, 1.54) is 11.1 Å². The summed E-state index contributed by atoms with van der Waals surface area (Å²) in [6, 6.07) is 8.70. The summed E-state index contributed by atoms with van der Waals surface area (Å²) in [7, 11) is 4.25. The van der Waals surface area contributed by atoms with Gasteiger partial charge in [0.1, 0.15) is 5.78 Å². The molecule has 1 aliphatic rings. The first-order chi connectivity index (χ1) is 8.04. The molecule has 0 saturated heterocycles. The molecular formula is C15H22INO. The Bertz CT molecular complexity index is 418. The molecule has 3 heteroatoms. The first-order valence-electron chi connectivity index (χ1n) is 6.31. The Morgan fingerprint density at radius 2 is 1.78 bits per heavy atom. The SMILES string of the molecule is Cc1cccc(C2(N(C)C)CCC(=O)CC2)c1.I. The van der Waals surface area contributed by atoms with Gasteiger partial charge in [-0.25, -0.2) is 0 Å². The van der Waals surface area contributed by atoms with Crippen molar-refractivity contribution in [3.8, 4) is 0 Å². The number of halogens is 1. The van der Waals surface area contributed by atoms with Gasteiger partial charge in [-0.15, -0.1) is 24.0 Å². The van der Waals surface area contributed by atoms with Crippen molar-refractivity contribution in [2.24, 2.45) is 0 Å². The summed E-state index contributed by atoms with van der Waals surface area (Å²) < 4.78 is 0. The molecule has 1 fully saturated rings. The minimum absolute atomic E-state index is 0. The molecule has 0 bridgehead atoms. The molecule has 1 aromatic rings. The third-order valence-electron chi connectivity index (χ3n) is 4.05. The van der Waals surface area contributed by atoms with Gasteiger partial charge in [-0.05, 0) is 39.4 Å². The number of benzene rings is 1.